The fourth-order valence-electron chi connectivity index (χ4n) is 1.56. The molecule has 0 amide bonds. The lowest BCUT2D eigenvalue weighted by molar-refractivity contribution is -0.384. The predicted octanol–water partition coefficient (Wildman–Crippen LogP) is 0.392. The normalized spacial score (nSPS) is 9.89. The first kappa shape index (κ1) is 12.5. The van der Waals surface area contributed by atoms with Crippen LogP contribution in [0.2, 0.25) is 0 Å². The number of benzene rings is 1. The van der Waals surface area contributed by atoms with Crippen LogP contribution in [0.3, 0.4) is 0 Å². The van der Waals surface area contributed by atoms with Crippen molar-refractivity contribution in [1.29, 1.82) is 5.26 Å². The summed E-state index contributed by atoms with van der Waals surface area (Å²) in [6, 6.07) is 6.05. The smallest absolute Gasteiger partial charge is 0.269 e. The van der Waals surface area contributed by atoms with Crippen molar-refractivity contribution >= 4 is 11.4 Å². The molecule has 0 aliphatic carbocycles. The average Bonchev–Trinajstić information content (AvgIpc) is 2.86. The van der Waals surface area contributed by atoms with Crippen molar-refractivity contribution in [3.05, 3.63) is 46.0 Å². The molecule has 1 heterocycles. The Bertz CT molecular complexity index is 658. The largest absolute Gasteiger partial charge is 0.324 e. The van der Waals surface area contributed by atoms with Crippen LogP contribution in [0.4, 0.5) is 11.4 Å². The number of hydrazine groups is 1. The first-order valence-electron chi connectivity index (χ1n) is 5.17. The number of nitrogens with two attached hydrogens (primary N) is 1. The van der Waals surface area contributed by atoms with Gasteiger partial charge in [-0.2, -0.15) is 5.26 Å². The number of nitrogen functional groups attached to an aromatic ring is 1. The van der Waals surface area contributed by atoms with E-state index in [0.717, 1.165) is 0 Å². The Balaban J connectivity index is 2.34. The standard InChI is InChI=1S/C10H9N7O2/c11-4-10-13-6-16(15-10)5-7-3-8(17(18)19)1-2-9(7)14-12/h1-3,6,14H,5,12H2. The SMILES string of the molecule is N#Cc1ncn(Cc2cc([N+](=O)[O-])ccc2NN)n1. The summed E-state index contributed by atoms with van der Waals surface area (Å²) in [5.74, 6) is 5.38. The number of rotatable bonds is 4. The van der Waals surface area contributed by atoms with Crippen molar-refractivity contribution < 1.29 is 4.92 Å². The molecular weight excluding hydrogens is 250 g/mol. The first-order chi connectivity index (χ1) is 9.13. The summed E-state index contributed by atoms with van der Waals surface area (Å²) >= 11 is 0. The molecule has 0 fully saturated rings. The number of nitro benzene ring substituents is 1. The van der Waals surface area contributed by atoms with Crippen molar-refractivity contribution in [2.75, 3.05) is 5.43 Å². The molecular formula is C10H9N7O2. The zero-order valence-electron chi connectivity index (χ0n) is 9.65. The molecule has 0 atom stereocenters. The number of hydrogen-bond donors (Lipinski definition) is 2. The summed E-state index contributed by atoms with van der Waals surface area (Å²) in [5, 5.41) is 23.2. The quantitative estimate of drug-likeness (QED) is 0.460. The first-order valence-corrected chi connectivity index (χ1v) is 5.17. The van der Waals surface area contributed by atoms with Gasteiger partial charge in [-0.25, -0.2) is 9.67 Å². The molecule has 0 spiro atoms. The summed E-state index contributed by atoms with van der Waals surface area (Å²) in [6.07, 6.45) is 1.37. The van der Waals surface area contributed by atoms with Crippen molar-refractivity contribution in [3.63, 3.8) is 0 Å². The van der Waals surface area contributed by atoms with E-state index in [1.54, 1.807) is 6.07 Å². The van der Waals surface area contributed by atoms with Gasteiger partial charge in [0.2, 0.25) is 0 Å². The third-order valence-corrected chi connectivity index (χ3v) is 2.42. The minimum atomic E-state index is -0.494. The minimum Gasteiger partial charge on any atom is -0.324 e. The van der Waals surface area contributed by atoms with E-state index in [9.17, 15) is 10.1 Å². The Morgan fingerprint density at radius 2 is 2.37 bits per heavy atom. The van der Waals surface area contributed by atoms with Gasteiger partial charge in [0, 0.05) is 17.7 Å². The summed E-state index contributed by atoms with van der Waals surface area (Å²) in [6.45, 7) is 0.218. The lowest BCUT2D eigenvalue weighted by Gasteiger charge is -2.08. The van der Waals surface area contributed by atoms with Crippen LogP contribution >= 0.6 is 0 Å². The van der Waals surface area contributed by atoms with E-state index in [4.69, 9.17) is 11.1 Å². The number of nitriles is 1. The van der Waals surface area contributed by atoms with Crippen LogP contribution < -0.4 is 11.3 Å². The summed E-state index contributed by atoms with van der Waals surface area (Å²) in [4.78, 5) is 14.0. The Morgan fingerprint density at radius 1 is 1.58 bits per heavy atom. The highest BCUT2D eigenvalue weighted by atomic mass is 16.6. The van der Waals surface area contributed by atoms with E-state index in [1.807, 2.05) is 0 Å². The van der Waals surface area contributed by atoms with Crippen molar-refractivity contribution in [2.24, 2.45) is 5.84 Å². The molecule has 19 heavy (non-hydrogen) atoms. The van der Waals surface area contributed by atoms with Crippen molar-refractivity contribution in [3.8, 4) is 6.07 Å². The molecule has 1 aromatic heterocycles. The van der Waals surface area contributed by atoms with Gasteiger partial charge >= 0.3 is 0 Å². The fourth-order valence-corrected chi connectivity index (χ4v) is 1.56. The van der Waals surface area contributed by atoms with Crippen LogP contribution in [0.15, 0.2) is 24.5 Å². The van der Waals surface area contributed by atoms with E-state index in [0.29, 0.717) is 11.3 Å². The van der Waals surface area contributed by atoms with Gasteiger partial charge in [-0.3, -0.25) is 16.0 Å². The number of nitrogens with zero attached hydrogens (tertiary/aromatic N) is 5. The maximum Gasteiger partial charge on any atom is 0.269 e. The van der Waals surface area contributed by atoms with E-state index < -0.39 is 4.92 Å². The second-order valence-electron chi connectivity index (χ2n) is 3.62. The van der Waals surface area contributed by atoms with E-state index in [2.05, 4.69) is 15.5 Å². The Morgan fingerprint density at radius 3 is 2.95 bits per heavy atom. The van der Waals surface area contributed by atoms with Crippen LogP contribution in [-0.4, -0.2) is 19.7 Å². The third kappa shape index (κ3) is 2.64. The molecule has 1 aromatic carbocycles. The summed E-state index contributed by atoms with van der Waals surface area (Å²) < 4.78 is 1.40. The molecule has 2 rings (SSSR count). The molecule has 9 nitrogen and oxygen atoms in total. The van der Waals surface area contributed by atoms with Gasteiger partial charge in [-0.15, -0.1) is 5.10 Å². The highest BCUT2D eigenvalue weighted by Gasteiger charge is 2.11. The van der Waals surface area contributed by atoms with Gasteiger partial charge in [-0.1, -0.05) is 0 Å². The number of aromatic nitrogens is 3. The van der Waals surface area contributed by atoms with Gasteiger partial charge in [0.05, 0.1) is 17.2 Å². The Labute approximate surface area is 107 Å². The van der Waals surface area contributed by atoms with E-state index in [-0.39, 0.29) is 18.1 Å². The van der Waals surface area contributed by atoms with Gasteiger partial charge in [0.25, 0.3) is 11.5 Å². The van der Waals surface area contributed by atoms with Crippen LogP contribution in [0.1, 0.15) is 11.4 Å². The van der Waals surface area contributed by atoms with Crippen LogP contribution in [0.5, 0.6) is 0 Å². The topological polar surface area (TPSA) is 136 Å². The molecule has 0 radical (unpaired) electrons. The molecule has 0 unspecified atom stereocenters. The van der Waals surface area contributed by atoms with Gasteiger partial charge in [-0.05, 0) is 6.07 Å². The second kappa shape index (κ2) is 5.11. The highest BCUT2D eigenvalue weighted by molar-refractivity contribution is 5.55. The van der Waals surface area contributed by atoms with Gasteiger partial charge in [0.1, 0.15) is 12.4 Å². The van der Waals surface area contributed by atoms with Crippen LogP contribution in [-0.2, 0) is 6.54 Å². The molecule has 2 aromatic rings. The Kier molecular flexibility index (Phi) is 3.35. The maximum atomic E-state index is 10.7. The monoisotopic (exact) mass is 259 g/mol. The van der Waals surface area contributed by atoms with Crippen LogP contribution in [0, 0.1) is 21.4 Å². The van der Waals surface area contributed by atoms with Gasteiger partial charge in [0.15, 0.2) is 0 Å². The lowest BCUT2D eigenvalue weighted by Crippen LogP contribution is -2.11. The predicted molar refractivity (Wildman–Crippen MR) is 64.7 cm³/mol. The number of non-ortho nitro benzene ring substituents is 1. The second-order valence-corrected chi connectivity index (χ2v) is 3.62. The van der Waals surface area contributed by atoms with E-state index >= 15 is 0 Å². The number of anilines is 1. The molecule has 0 aliphatic rings. The summed E-state index contributed by atoms with van der Waals surface area (Å²) in [7, 11) is 0. The molecule has 0 aliphatic heterocycles. The lowest BCUT2D eigenvalue weighted by atomic mass is 10.1. The minimum absolute atomic E-state index is 0.0349. The number of hydrogen-bond acceptors (Lipinski definition) is 7. The highest BCUT2D eigenvalue weighted by Crippen LogP contribution is 2.22. The molecule has 96 valence electrons. The van der Waals surface area contributed by atoms with Crippen molar-refractivity contribution in [1.82, 2.24) is 14.8 Å². The van der Waals surface area contributed by atoms with Gasteiger partial charge < -0.3 is 5.43 Å². The molecule has 0 saturated carbocycles. The average molecular weight is 259 g/mol. The molecule has 3 N–H and O–H groups in total. The molecule has 0 saturated heterocycles. The third-order valence-electron chi connectivity index (χ3n) is 2.42. The maximum absolute atomic E-state index is 10.7. The fraction of sp³-hybridized carbons (Fsp3) is 0.100. The van der Waals surface area contributed by atoms with E-state index in [1.165, 1.54) is 29.2 Å². The Hall–Kier alpha value is -2.99. The van der Waals surface area contributed by atoms with Crippen LogP contribution in [0.25, 0.3) is 0 Å². The molecule has 9 heteroatoms. The molecule has 0 bridgehead atoms. The number of nitrogens with one attached hydrogen (secondary N) is 1. The zero-order chi connectivity index (χ0) is 13.8. The zero-order valence-corrected chi connectivity index (χ0v) is 9.65. The summed E-state index contributed by atoms with van der Waals surface area (Å²) in [5.41, 5.74) is 3.52. The van der Waals surface area contributed by atoms with Crippen molar-refractivity contribution in [2.45, 2.75) is 6.54 Å². The number of nitro groups is 1.